The Labute approximate surface area is 803 Å². The number of fused-ring (bicyclic) bond motifs is 30. The lowest BCUT2D eigenvalue weighted by atomic mass is 9.76. The third kappa shape index (κ3) is 18.4. The van der Waals surface area contributed by atoms with Gasteiger partial charge in [0.05, 0.1) is 124 Å². The number of hydrogen-bond acceptors (Lipinski definition) is 24. The van der Waals surface area contributed by atoms with Gasteiger partial charge in [0.2, 0.25) is 0 Å². The molecule has 18 aliphatic carbocycles. The molecular weight excluding hydrogens is 1740 g/mol. The van der Waals surface area contributed by atoms with Crippen LogP contribution in [-0.2, 0) is 76.0 Å². The lowest BCUT2D eigenvalue weighted by Crippen LogP contribution is -2.29. The van der Waals surface area contributed by atoms with Crippen molar-refractivity contribution in [1.29, 1.82) is 0 Å². The predicted molar refractivity (Wildman–Crippen MR) is 497 cm³/mol. The van der Waals surface area contributed by atoms with Crippen LogP contribution >= 0.6 is 0 Å². The van der Waals surface area contributed by atoms with Gasteiger partial charge in [-0.2, -0.15) is 0 Å². The summed E-state index contributed by atoms with van der Waals surface area (Å²) >= 11 is 0. The van der Waals surface area contributed by atoms with Crippen molar-refractivity contribution in [1.82, 2.24) is 0 Å². The van der Waals surface area contributed by atoms with Crippen molar-refractivity contribution in [2.24, 2.45) is 213 Å². The Bertz CT molecular complexity index is 5310. The van der Waals surface area contributed by atoms with Crippen molar-refractivity contribution in [2.45, 2.75) is 175 Å². The lowest BCUT2D eigenvalue weighted by Gasteiger charge is -2.31. The molecule has 12 bridgehead atoms. The highest BCUT2D eigenvalue weighted by Gasteiger charge is 2.63. The SMILES string of the molecule is C=CC(=O)OCC1CC2C3CC(COC(=O)c4ccc(C(=O)OCC5CC6CC5C5CC(COC(=O)C(=C)C)CC65)c(C(=O)OCC5CC6C7CC(COC(=O)c8ccc(C)cc8C(=O)OCC8CC9CC8C8CC(COC(=O)c%10cc(C(=O)OCC%11CC%12CC%11C%11CC(COC(=O)C(=C)C)CC%12%11)ccc%10C(=O)OCC%10CC%11CC%10C%10CC(COC(=O)C=C)CC%11%10)CC98)C(C7)C6C5)c4)C(C3)C2C1. The van der Waals surface area contributed by atoms with Gasteiger partial charge in [-0.1, -0.05) is 37.9 Å². The number of carbonyl (C=O) groups is 12. The Balaban J connectivity index is 0.417. The van der Waals surface area contributed by atoms with E-state index in [0.29, 0.717) is 180 Å². The highest BCUT2D eigenvalue weighted by Crippen LogP contribution is 2.69. The number of rotatable bonds is 36. The van der Waals surface area contributed by atoms with E-state index < -0.39 is 59.7 Å². The fourth-order valence-electron chi connectivity index (χ4n) is 34.2. The number of benzene rings is 3. The van der Waals surface area contributed by atoms with Crippen molar-refractivity contribution in [3.05, 3.63) is 154 Å². The van der Waals surface area contributed by atoms with Crippen LogP contribution in [0.15, 0.2) is 104 Å². The molecule has 732 valence electrons. The monoisotopic (exact) mass is 1880 g/mol. The van der Waals surface area contributed by atoms with Crippen molar-refractivity contribution in [2.75, 3.05) is 79.3 Å². The fourth-order valence-corrected chi connectivity index (χ4v) is 34.2. The third-order valence-corrected chi connectivity index (χ3v) is 39.5. The van der Waals surface area contributed by atoms with Crippen LogP contribution in [0.1, 0.15) is 256 Å². The topological polar surface area (TPSA) is 316 Å². The predicted octanol–water partition coefficient (Wildman–Crippen LogP) is 18.1. The van der Waals surface area contributed by atoms with E-state index in [4.69, 9.17) is 56.8 Å². The zero-order chi connectivity index (χ0) is 94.8. The Morgan fingerprint density at radius 2 is 0.453 bits per heavy atom. The van der Waals surface area contributed by atoms with Gasteiger partial charge in [-0.25, -0.2) is 57.5 Å². The van der Waals surface area contributed by atoms with Crippen molar-refractivity contribution >= 4 is 71.6 Å². The summed E-state index contributed by atoms with van der Waals surface area (Å²) in [5.41, 5.74) is 2.15. The molecule has 0 saturated heterocycles. The van der Waals surface area contributed by atoms with Crippen LogP contribution in [0.2, 0.25) is 0 Å². The molecule has 24 heteroatoms. The average Bonchev–Trinajstić information content (AvgIpc) is 1.61. The van der Waals surface area contributed by atoms with Crippen molar-refractivity contribution in [3.63, 3.8) is 0 Å². The molecule has 24 nitrogen and oxygen atoms in total. The first-order valence-electron chi connectivity index (χ1n) is 52.2. The maximum Gasteiger partial charge on any atom is 0.339 e. The maximum atomic E-state index is 14.7. The number of carbonyl (C=O) groups excluding carboxylic acids is 12. The molecule has 137 heavy (non-hydrogen) atoms. The van der Waals surface area contributed by atoms with Crippen LogP contribution in [0, 0.1) is 220 Å². The number of ether oxygens (including phenoxy) is 12. The van der Waals surface area contributed by atoms with Gasteiger partial charge in [0, 0.05) is 23.3 Å². The van der Waals surface area contributed by atoms with Gasteiger partial charge in [0.15, 0.2) is 0 Å². The molecule has 0 N–H and O–H groups in total. The van der Waals surface area contributed by atoms with Gasteiger partial charge in [0.1, 0.15) is 0 Å². The summed E-state index contributed by atoms with van der Waals surface area (Å²) in [7, 11) is 0. The molecule has 3 aromatic carbocycles. The minimum Gasteiger partial charge on any atom is -0.462 e. The normalized spacial score (nSPS) is 38.3. The summed E-state index contributed by atoms with van der Waals surface area (Å²) in [6, 6.07) is 14.1. The van der Waals surface area contributed by atoms with E-state index >= 15 is 0 Å². The minimum absolute atomic E-state index is 0.0302. The second-order valence-electron chi connectivity index (χ2n) is 46.7. The molecule has 0 aliphatic heterocycles. The summed E-state index contributed by atoms with van der Waals surface area (Å²) in [4.78, 5) is 164. The van der Waals surface area contributed by atoms with Crippen LogP contribution in [0.5, 0.6) is 0 Å². The lowest BCUT2D eigenvalue weighted by molar-refractivity contribution is -0.141. The molecule has 0 aromatic heterocycles. The largest absolute Gasteiger partial charge is 0.462 e. The van der Waals surface area contributed by atoms with Crippen LogP contribution in [-0.4, -0.2) is 151 Å². The molecule has 36 atom stereocenters. The summed E-state index contributed by atoms with van der Waals surface area (Å²) in [6.45, 7) is 22.8. The highest BCUT2D eigenvalue weighted by atomic mass is 16.6. The summed E-state index contributed by atoms with van der Waals surface area (Å²) in [5.74, 6) is 6.24. The Morgan fingerprint density at radius 3 is 0.708 bits per heavy atom. The quantitative estimate of drug-likeness (QED) is 0.0296. The van der Waals surface area contributed by atoms with Gasteiger partial charge >= 0.3 is 71.6 Å². The fraction of sp³-hybridized carbons (Fsp3) is 0.664. The van der Waals surface area contributed by atoms with Crippen LogP contribution < -0.4 is 0 Å². The van der Waals surface area contributed by atoms with Gasteiger partial charge in [-0.05, 0) is 436 Å². The standard InChI is InChI=1S/C113H136O24/c1-8-102(114)126-43-58-17-81-66-29-72(87(37-66)93(81)23-58)49-132-106(118)64-11-15-80(110(122)136-53-76-32-69-40-90(76)96-26-61(20-84(69)96)46-129-105(117)56(5)6)101(35-64)112(124)130-47-62-21-85-70-33-74(91(41-70)97(85)27-62)51-134-108(120)78-13-10-57(7)16-99(78)111(123)137-54-77-34-71-42-92(77)98-28-63(22-86(71)98)48-131-113(125)100-36-65(107(119)133-50-73-30-67-38-88(73)95-25-60(19-83(67)95)45-128-104(116)55(3)4)12-14-79(100)109(121)135-52-75-31-68-39-89(75)94-24-59(18-82(68)94)44-127-103(115)9-2/h8-16,35-36,58-63,66-77,81-98H,1-3,5,17-34,37-54H2,4,6-7H3. The van der Waals surface area contributed by atoms with Gasteiger partial charge in [-0.3, -0.25) is 0 Å². The summed E-state index contributed by atoms with van der Waals surface area (Å²) in [6.07, 6.45) is 25.7. The van der Waals surface area contributed by atoms with Crippen LogP contribution in [0.3, 0.4) is 0 Å². The molecule has 21 rings (SSSR count). The number of esters is 12. The third-order valence-electron chi connectivity index (χ3n) is 39.5. The first-order valence-corrected chi connectivity index (χ1v) is 52.2. The zero-order valence-corrected chi connectivity index (χ0v) is 79.7. The molecule has 18 aliphatic rings. The minimum atomic E-state index is -0.713. The molecule has 0 radical (unpaired) electrons. The molecule has 18 saturated carbocycles. The van der Waals surface area contributed by atoms with E-state index in [2.05, 4.69) is 26.3 Å². The molecule has 36 unspecified atom stereocenters. The Hall–Kier alpha value is -9.74. The molecular formula is C113H136O24. The first kappa shape index (κ1) is 93.6. The van der Waals surface area contributed by atoms with Crippen molar-refractivity contribution in [3.8, 4) is 0 Å². The maximum absolute atomic E-state index is 14.7. The van der Waals surface area contributed by atoms with Crippen LogP contribution in [0.4, 0.5) is 0 Å². The average molecular weight is 1880 g/mol. The molecule has 0 amide bonds. The van der Waals surface area contributed by atoms with E-state index in [9.17, 15) is 57.5 Å². The second-order valence-corrected chi connectivity index (χ2v) is 46.7. The second kappa shape index (κ2) is 38.7. The summed E-state index contributed by atoms with van der Waals surface area (Å²) < 4.78 is 71.6. The first-order chi connectivity index (χ1) is 66.2. The molecule has 0 heterocycles. The Kier molecular flexibility index (Phi) is 26.4. The number of hydrogen-bond donors (Lipinski definition) is 0. The van der Waals surface area contributed by atoms with E-state index in [1.807, 2.05) is 6.92 Å². The van der Waals surface area contributed by atoms with Crippen LogP contribution in [0.25, 0.3) is 0 Å². The van der Waals surface area contributed by atoms with E-state index in [0.717, 1.165) is 160 Å². The van der Waals surface area contributed by atoms with Gasteiger partial charge < -0.3 is 56.8 Å². The van der Waals surface area contributed by atoms with Gasteiger partial charge in [-0.15, -0.1) is 0 Å². The highest BCUT2D eigenvalue weighted by molar-refractivity contribution is 6.07. The number of aryl methyl sites for hydroxylation is 1. The Morgan fingerprint density at radius 1 is 0.241 bits per heavy atom. The zero-order valence-electron chi connectivity index (χ0n) is 79.7. The smallest absolute Gasteiger partial charge is 0.339 e. The van der Waals surface area contributed by atoms with E-state index in [1.54, 1.807) is 44.2 Å². The summed E-state index contributed by atoms with van der Waals surface area (Å²) in [5, 5.41) is 0. The molecule has 18 fully saturated rings. The van der Waals surface area contributed by atoms with Crippen molar-refractivity contribution < 1.29 is 114 Å². The molecule has 0 spiro atoms. The van der Waals surface area contributed by atoms with Gasteiger partial charge in [0.25, 0.3) is 0 Å². The van der Waals surface area contributed by atoms with E-state index in [1.165, 1.54) is 36.4 Å². The molecule has 3 aromatic rings. The van der Waals surface area contributed by atoms with E-state index in [-0.39, 0.29) is 180 Å².